The van der Waals surface area contributed by atoms with Crippen LogP contribution in [0, 0.1) is 0 Å². The van der Waals surface area contributed by atoms with Gasteiger partial charge in [0, 0.05) is 35.8 Å². The number of nitrogens with zero attached hydrogens (tertiary/aromatic N) is 3. The van der Waals surface area contributed by atoms with Crippen molar-refractivity contribution >= 4 is 45.8 Å². The second kappa shape index (κ2) is 8.75. The number of carbonyl (C=O) groups is 1. The summed E-state index contributed by atoms with van der Waals surface area (Å²) in [7, 11) is 3.00. The van der Waals surface area contributed by atoms with E-state index in [1.165, 1.54) is 26.6 Å². The summed E-state index contributed by atoms with van der Waals surface area (Å²) in [5.74, 6) is 0.451. The molecule has 0 radical (unpaired) electrons. The normalized spacial score (nSPS) is 10.7. The zero-order valence-corrected chi connectivity index (χ0v) is 18.0. The van der Waals surface area contributed by atoms with Gasteiger partial charge < -0.3 is 14.8 Å². The number of amides is 1. The number of hydrogen-bond acceptors (Lipinski definition) is 6. The predicted octanol–water partition coefficient (Wildman–Crippen LogP) is 5.27. The van der Waals surface area contributed by atoms with Crippen LogP contribution < -0.4 is 14.8 Å². The van der Waals surface area contributed by atoms with Crippen molar-refractivity contribution < 1.29 is 14.3 Å². The van der Waals surface area contributed by atoms with E-state index >= 15 is 0 Å². The van der Waals surface area contributed by atoms with Crippen molar-refractivity contribution in [3.05, 3.63) is 70.7 Å². The molecule has 4 aromatic rings. The van der Waals surface area contributed by atoms with Gasteiger partial charge in [-0.25, -0.2) is 0 Å². The minimum absolute atomic E-state index is 0.299. The molecule has 1 amide bonds. The van der Waals surface area contributed by atoms with Crippen LogP contribution in [0.5, 0.6) is 11.5 Å². The van der Waals surface area contributed by atoms with Gasteiger partial charge in [-0.2, -0.15) is 0 Å². The van der Waals surface area contributed by atoms with E-state index in [4.69, 9.17) is 32.7 Å². The van der Waals surface area contributed by atoms with Gasteiger partial charge in [-0.1, -0.05) is 29.3 Å². The monoisotopic (exact) mass is 454 g/mol. The molecule has 0 aliphatic heterocycles. The van der Waals surface area contributed by atoms with Gasteiger partial charge in [-0.3, -0.25) is 19.7 Å². The topological polar surface area (TPSA) is 86.2 Å². The quantitative estimate of drug-likeness (QED) is 0.442. The van der Waals surface area contributed by atoms with E-state index < -0.39 is 0 Å². The first-order valence-corrected chi connectivity index (χ1v) is 9.86. The van der Waals surface area contributed by atoms with Crippen LogP contribution in [-0.4, -0.2) is 35.1 Å². The lowest BCUT2D eigenvalue weighted by molar-refractivity contribution is 0.102. The van der Waals surface area contributed by atoms with Crippen LogP contribution in [0.25, 0.3) is 22.2 Å². The van der Waals surface area contributed by atoms with Gasteiger partial charge in [0.2, 0.25) is 0 Å². The Morgan fingerprint density at radius 3 is 2.23 bits per heavy atom. The van der Waals surface area contributed by atoms with Crippen molar-refractivity contribution in [3.63, 3.8) is 0 Å². The maximum Gasteiger partial charge on any atom is 0.257 e. The van der Waals surface area contributed by atoms with Crippen molar-refractivity contribution in [2.75, 3.05) is 19.5 Å². The molecule has 2 aromatic heterocycles. The molecule has 4 rings (SSSR count). The second-order valence-corrected chi connectivity index (χ2v) is 7.15. The molecule has 0 saturated heterocycles. The predicted molar refractivity (Wildman–Crippen MR) is 120 cm³/mol. The van der Waals surface area contributed by atoms with E-state index in [0.717, 1.165) is 0 Å². The zero-order chi connectivity index (χ0) is 22.0. The summed E-state index contributed by atoms with van der Waals surface area (Å²) < 4.78 is 10.7. The van der Waals surface area contributed by atoms with Gasteiger partial charge in [0.15, 0.2) is 0 Å². The average molecular weight is 455 g/mol. The first kappa shape index (κ1) is 20.8. The Kier molecular flexibility index (Phi) is 5.88. The number of ether oxygens (including phenoxy) is 2. The van der Waals surface area contributed by atoms with Crippen molar-refractivity contribution in [2.45, 2.75) is 0 Å². The molecule has 0 aliphatic carbocycles. The van der Waals surface area contributed by atoms with E-state index in [2.05, 4.69) is 20.3 Å². The molecule has 0 atom stereocenters. The number of pyridine rings is 1. The molecule has 0 bridgehead atoms. The number of hydrogen-bond donors (Lipinski definition) is 1. The number of fused-ring (bicyclic) bond motifs is 1. The minimum Gasteiger partial charge on any atom is -0.495 e. The van der Waals surface area contributed by atoms with Gasteiger partial charge in [0.25, 0.3) is 5.91 Å². The number of anilines is 1. The molecule has 0 unspecified atom stereocenters. The number of methoxy groups -OCH3 is 2. The Morgan fingerprint density at radius 1 is 0.935 bits per heavy atom. The highest BCUT2D eigenvalue weighted by Crippen LogP contribution is 2.47. The lowest BCUT2D eigenvalue weighted by atomic mass is 9.99. The summed E-state index contributed by atoms with van der Waals surface area (Å²) in [6, 6.07) is 8.46. The van der Waals surface area contributed by atoms with E-state index in [1.807, 2.05) is 0 Å². The number of benzene rings is 2. The van der Waals surface area contributed by atoms with E-state index in [9.17, 15) is 4.79 Å². The Bertz CT molecular complexity index is 1250. The van der Waals surface area contributed by atoms with E-state index in [0.29, 0.717) is 55.0 Å². The fourth-order valence-electron chi connectivity index (χ4n) is 3.20. The van der Waals surface area contributed by atoms with Crippen LogP contribution in [0.2, 0.25) is 10.0 Å². The van der Waals surface area contributed by atoms with Crippen molar-refractivity contribution in [3.8, 4) is 22.6 Å². The van der Waals surface area contributed by atoms with Crippen LogP contribution in [0.4, 0.5) is 5.69 Å². The van der Waals surface area contributed by atoms with Gasteiger partial charge in [0.05, 0.1) is 47.2 Å². The Balaban J connectivity index is 1.90. The molecule has 0 saturated carbocycles. The summed E-state index contributed by atoms with van der Waals surface area (Å²) in [4.78, 5) is 25.7. The summed E-state index contributed by atoms with van der Waals surface area (Å²) in [5.41, 5.74) is 2.84. The smallest absolute Gasteiger partial charge is 0.257 e. The first-order valence-electron chi connectivity index (χ1n) is 9.10. The minimum atomic E-state index is -0.342. The lowest BCUT2D eigenvalue weighted by Crippen LogP contribution is -2.13. The molecule has 0 spiro atoms. The number of carbonyl (C=O) groups excluding carboxylic acids is 1. The van der Waals surface area contributed by atoms with E-state index in [-0.39, 0.29) is 5.91 Å². The Morgan fingerprint density at radius 2 is 1.61 bits per heavy atom. The van der Waals surface area contributed by atoms with Crippen molar-refractivity contribution in [1.82, 2.24) is 15.0 Å². The van der Waals surface area contributed by atoms with Gasteiger partial charge in [0.1, 0.15) is 17.0 Å². The lowest BCUT2D eigenvalue weighted by Gasteiger charge is -2.16. The maximum atomic E-state index is 12.9. The third kappa shape index (κ3) is 3.85. The fourth-order valence-corrected chi connectivity index (χ4v) is 3.90. The standard InChI is InChI=1S/C22H16Cl2N4O3/c1-30-15-10-16(31-2)19(24)17(18(15)23)13-5-6-14(21-20(13)26-8-9-27-21)22(29)28-12-4-3-7-25-11-12/h3-11H,1-2H3,(H,28,29). The van der Waals surface area contributed by atoms with Crippen LogP contribution in [0.3, 0.4) is 0 Å². The SMILES string of the molecule is COc1cc(OC)c(Cl)c(-c2ccc(C(=O)Nc3cccnc3)c3nccnc23)c1Cl. The number of aromatic nitrogens is 3. The largest absolute Gasteiger partial charge is 0.495 e. The van der Waals surface area contributed by atoms with E-state index in [1.54, 1.807) is 42.7 Å². The molecule has 2 aromatic carbocycles. The van der Waals surface area contributed by atoms with Gasteiger partial charge in [-0.15, -0.1) is 0 Å². The molecule has 9 heteroatoms. The fraction of sp³-hybridized carbons (Fsp3) is 0.0909. The maximum absolute atomic E-state index is 12.9. The molecule has 31 heavy (non-hydrogen) atoms. The molecule has 7 nitrogen and oxygen atoms in total. The highest BCUT2D eigenvalue weighted by Gasteiger charge is 2.23. The molecule has 2 heterocycles. The average Bonchev–Trinajstić information content (AvgIpc) is 2.80. The summed E-state index contributed by atoms with van der Waals surface area (Å²) in [6.07, 6.45) is 6.24. The summed E-state index contributed by atoms with van der Waals surface area (Å²) in [6.45, 7) is 0. The molecule has 1 N–H and O–H groups in total. The molecular formula is C22H16Cl2N4O3. The van der Waals surface area contributed by atoms with Crippen LogP contribution in [0.1, 0.15) is 10.4 Å². The molecule has 0 aliphatic rings. The Hall–Kier alpha value is -3.42. The number of nitrogens with one attached hydrogen (secondary N) is 1. The Labute approximate surface area is 188 Å². The molecule has 156 valence electrons. The number of rotatable bonds is 5. The van der Waals surface area contributed by atoms with Gasteiger partial charge >= 0.3 is 0 Å². The highest BCUT2D eigenvalue weighted by molar-refractivity contribution is 6.41. The number of halogens is 2. The highest BCUT2D eigenvalue weighted by atomic mass is 35.5. The van der Waals surface area contributed by atoms with Crippen LogP contribution >= 0.6 is 23.2 Å². The molecule has 0 fully saturated rings. The summed E-state index contributed by atoms with van der Waals surface area (Å²) >= 11 is 13.2. The van der Waals surface area contributed by atoms with Crippen LogP contribution in [-0.2, 0) is 0 Å². The van der Waals surface area contributed by atoms with Crippen molar-refractivity contribution in [1.29, 1.82) is 0 Å². The first-order chi connectivity index (χ1) is 15.0. The van der Waals surface area contributed by atoms with Gasteiger partial charge in [-0.05, 0) is 18.2 Å². The molecular weight excluding hydrogens is 439 g/mol. The second-order valence-electron chi connectivity index (χ2n) is 6.39. The zero-order valence-electron chi connectivity index (χ0n) is 16.5. The van der Waals surface area contributed by atoms with Crippen molar-refractivity contribution in [2.24, 2.45) is 0 Å². The third-order valence-electron chi connectivity index (χ3n) is 4.63. The van der Waals surface area contributed by atoms with Crippen LogP contribution in [0.15, 0.2) is 55.1 Å². The summed E-state index contributed by atoms with van der Waals surface area (Å²) in [5, 5.41) is 3.41. The third-order valence-corrected chi connectivity index (χ3v) is 5.38.